The average molecular weight is 264 g/mol. The summed E-state index contributed by atoms with van der Waals surface area (Å²) in [5.74, 6) is -0.989. The van der Waals surface area contributed by atoms with Crippen LogP contribution in [0.1, 0.15) is 15.9 Å². The number of phenolic OH excluding ortho intramolecular Hbond substituents is 2. The quantitative estimate of drug-likeness (QED) is 0.550. The maximum Gasteiger partial charge on any atom is 0.197 e. The molecule has 0 unspecified atom stereocenters. The Morgan fingerprint density at radius 1 is 0.750 bits per heavy atom. The fourth-order valence-corrected chi connectivity index (χ4v) is 2.28. The normalized spacial score (nSPS) is 10.6. The second kappa shape index (κ2) is 4.70. The first-order valence-corrected chi connectivity index (χ1v) is 6.22. The Hall–Kier alpha value is -2.81. The molecule has 20 heavy (non-hydrogen) atoms. The molecule has 0 aliphatic carbocycles. The van der Waals surface area contributed by atoms with Crippen LogP contribution in [0, 0.1) is 0 Å². The largest absolute Gasteiger partial charge is 0.504 e. The monoisotopic (exact) mass is 264 g/mol. The van der Waals surface area contributed by atoms with E-state index in [0.717, 1.165) is 10.8 Å². The third kappa shape index (κ3) is 1.89. The molecule has 0 saturated heterocycles. The summed E-state index contributed by atoms with van der Waals surface area (Å²) >= 11 is 0. The summed E-state index contributed by atoms with van der Waals surface area (Å²) in [6.45, 7) is 0. The predicted molar refractivity (Wildman–Crippen MR) is 77.2 cm³/mol. The van der Waals surface area contributed by atoms with E-state index in [1.807, 2.05) is 30.3 Å². The Bertz CT molecular complexity index is 801. The Morgan fingerprint density at radius 3 is 2.25 bits per heavy atom. The van der Waals surface area contributed by atoms with Gasteiger partial charge in [-0.05, 0) is 22.9 Å². The second-order valence-electron chi connectivity index (χ2n) is 4.53. The number of aromatic hydroxyl groups is 2. The molecule has 0 atom stereocenters. The van der Waals surface area contributed by atoms with Gasteiger partial charge in [-0.25, -0.2) is 0 Å². The lowest BCUT2D eigenvalue weighted by atomic mass is 9.96. The third-order valence-electron chi connectivity index (χ3n) is 3.29. The molecule has 2 N–H and O–H groups in total. The van der Waals surface area contributed by atoms with Gasteiger partial charge >= 0.3 is 0 Å². The summed E-state index contributed by atoms with van der Waals surface area (Å²) in [5, 5.41) is 21.1. The number of phenols is 2. The second-order valence-corrected chi connectivity index (χ2v) is 4.53. The fraction of sp³-hybridized carbons (Fsp3) is 0. The fourth-order valence-electron chi connectivity index (χ4n) is 2.28. The van der Waals surface area contributed by atoms with Crippen LogP contribution in [-0.4, -0.2) is 16.0 Å². The van der Waals surface area contributed by atoms with Crippen LogP contribution < -0.4 is 0 Å². The van der Waals surface area contributed by atoms with Crippen molar-refractivity contribution in [3.8, 4) is 11.5 Å². The molecule has 0 spiro atoms. The topological polar surface area (TPSA) is 57.5 Å². The van der Waals surface area contributed by atoms with E-state index in [1.165, 1.54) is 18.2 Å². The van der Waals surface area contributed by atoms with Crippen molar-refractivity contribution >= 4 is 16.6 Å². The van der Waals surface area contributed by atoms with Crippen LogP contribution in [0.5, 0.6) is 11.5 Å². The number of fused-ring (bicyclic) bond motifs is 1. The minimum Gasteiger partial charge on any atom is -0.504 e. The standard InChI is InChI=1S/C17H12O3/c18-15-10-4-9-14(17(15)20)16(19)13-8-3-6-11-5-1-2-7-12(11)13/h1-10,18,20H. The Morgan fingerprint density at radius 2 is 1.40 bits per heavy atom. The first-order chi connectivity index (χ1) is 9.68. The average Bonchev–Trinajstić information content (AvgIpc) is 2.49. The van der Waals surface area contributed by atoms with Crippen molar-refractivity contribution in [1.29, 1.82) is 0 Å². The summed E-state index contributed by atoms with van der Waals surface area (Å²) in [6.07, 6.45) is 0. The van der Waals surface area contributed by atoms with Gasteiger partial charge in [0, 0.05) is 5.56 Å². The first-order valence-electron chi connectivity index (χ1n) is 6.22. The van der Waals surface area contributed by atoms with Crippen LogP contribution in [0.3, 0.4) is 0 Å². The van der Waals surface area contributed by atoms with Gasteiger partial charge in [0.15, 0.2) is 17.3 Å². The molecular weight excluding hydrogens is 252 g/mol. The molecule has 3 aromatic carbocycles. The molecule has 3 rings (SSSR count). The lowest BCUT2D eigenvalue weighted by molar-refractivity contribution is 0.103. The minimum absolute atomic E-state index is 0.0985. The summed E-state index contributed by atoms with van der Waals surface area (Å²) in [5.41, 5.74) is 0.602. The number of rotatable bonds is 2. The summed E-state index contributed by atoms with van der Waals surface area (Å²) in [4.78, 5) is 12.6. The van der Waals surface area contributed by atoms with E-state index in [0.29, 0.717) is 5.56 Å². The van der Waals surface area contributed by atoms with Crippen molar-refractivity contribution in [2.45, 2.75) is 0 Å². The smallest absolute Gasteiger partial charge is 0.197 e. The number of carbonyl (C=O) groups excluding carboxylic acids is 1. The maximum atomic E-state index is 12.6. The van der Waals surface area contributed by atoms with Crippen molar-refractivity contribution < 1.29 is 15.0 Å². The lowest BCUT2D eigenvalue weighted by Crippen LogP contribution is -2.02. The summed E-state index contributed by atoms with van der Waals surface area (Å²) in [7, 11) is 0. The van der Waals surface area contributed by atoms with Gasteiger partial charge in [-0.3, -0.25) is 4.79 Å². The van der Waals surface area contributed by atoms with Gasteiger partial charge in [-0.2, -0.15) is 0 Å². The molecule has 0 aliphatic heterocycles. The SMILES string of the molecule is O=C(c1cccc(O)c1O)c1cccc2ccccc12. The van der Waals surface area contributed by atoms with E-state index >= 15 is 0 Å². The van der Waals surface area contributed by atoms with Gasteiger partial charge in [-0.1, -0.05) is 48.5 Å². The van der Waals surface area contributed by atoms with Gasteiger partial charge in [-0.15, -0.1) is 0 Å². The van der Waals surface area contributed by atoms with Crippen LogP contribution in [-0.2, 0) is 0 Å². The highest BCUT2D eigenvalue weighted by atomic mass is 16.3. The molecule has 3 aromatic rings. The van der Waals surface area contributed by atoms with E-state index < -0.39 is 0 Å². The molecule has 0 amide bonds. The molecule has 0 aliphatic rings. The predicted octanol–water partition coefficient (Wildman–Crippen LogP) is 3.48. The van der Waals surface area contributed by atoms with Gasteiger partial charge in [0.2, 0.25) is 0 Å². The Kier molecular flexibility index (Phi) is 2.88. The minimum atomic E-state index is -0.384. The molecular formula is C17H12O3. The number of benzene rings is 3. The highest BCUT2D eigenvalue weighted by molar-refractivity contribution is 6.17. The highest BCUT2D eigenvalue weighted by Crippen LogP contribution is 2.31. The molecule has 0 heterocycles. The zero-order valence-corrected chi connectivity index (χ0v) is 10.6. The lowest BCUT2D eigenvalue weighted by Gasteiger charge is -2.08. The number of hydrogen-bond acceptors (Lipinski definition) is 3. The van der Waals surface area contributed by atoms with Crippen molar-refractivity contribution in [3.05, 3.63) is 71.8 Å². The van der Waals surface area contributed by atoms with Crippen LogP contribution in [0.2, 0.25) is 0 Å². The number of carbonyl (C=O) groups is 1. The van der Waals surface area contributed by atoms with E-state index in [1.54, 1.807) is 12.1 Å². The van der Waals surface area contributed by atoms with Crippen molar-refractivity contribution in [1.82, 2.24) is 0 Å². The van der Waals surface area contributed by atoms with Gasteiger partial charge in [0.25, 0.3) is 0 Å². The molecule has 0 radical (unpaired) electrons. The van der Waals surface area contributed by atoms with E-state index in [9.17, 15) is 15.0 Å². The first kappa shape index (κ1) is 12.2. The molecule has 0 saturated carbocycles. The van der Waals surface area contributed by atoms with Crippen LogP contribution in [0.4, 0.5) is 0 Å². The van der Waals surface area contributed by atoms with Gasteiger partial charge < -0.3 is 10.2 Å². The Balaban J connectivity index is 2.21. The molecule has 0 bridgehead atoms. The van der Waals surface area contributed by atoms with E-state index in [-0.39, 0.29) is 22.8 Å². The van der Waals surface area contributed by atoms with Crippen LogP contribution in [0.15, 0.2) is 60.7 Å². The third-order valence-corrected chi connectivity index (χ3v) is 3.29. The van der Waals surface area contributed by atoms with Crippen LogP contribution >= 0.6 is 0 Å². The molecule has 3 heteroatoms. The highest BCUT2D eigenvalue weighted by Gasteiger charge is 2.17. The van der Waals surface area contributed by atoms with Crippen molar-refractivity contribution in [2.24, 2.45) is 0 Å². The zero-order valence-electron chi connectivity index (χ0n) is 10.6. The molecule has 0 aromatic heterocycles. The zero-order chi connectivity index (χ0) is 14.1. The molecule has 98 valence electrons. The van der Waals surface area contributed by atoms with Gasteiger partial charge in [0.05, 0.1) is 5.56 Å². The molecule has 3 nitrogen and oxygen atoms in total. The van der Waals surface area contributed by atoms with Gasteiger partial charge in [0.1, 0.15) is 0 Å². The van der Waals surface area contributed by atoms with E-state index in [2.05, 4.69) is 0 Å². The van der Waals surface area contributed by atoms with Crippen molar-refractivity contribution in [2.75, 3.05) is 0 Å². The summed E-state index contributed by atoms with van der Waals surface area (Å²) in [6, 6.07) is 17.4. The summed E-state index contributed by atoms with van der Waals surface area (Å²) < 4.78 is 0. The maximum absolute atomic E-state index is 12.6. The van der Waals surface area contributed by atoms with E-state index in [4.69, 9.17) is 0 Å². The van der Waals surface area contributed by atoms with Crippen LogP contribution in [0.25, 0.3) is 10.8 Å². The molecule has 0 fully saturated rings. The van der Waals surface area contributed by atoms with Crippen molar-refractivity contribution in [3.63, 3.8) is 0 Å². The number of para-hydroxylation sites is 1. The number of hydrogen-bond donors (Lipinski definition) is 2. The number of ketones is 1. The Labute approximate surface area is 115 Å².